The van der Waals surface area contributed by atoms with Gasteiger partial charge in [0.15, 0.2) is 0 Å². The Morgan fingerprint density at radius 1 is 0.253 bits per heavy atom. The number of anilines is 12. The van der Waals surface area contributed by atoms with Gasteiger partial charge < -0.3 is 29.1 Å². The van der Waals surface area contributed by atoms with E-state index in [9.17, 15) is 9.59 Å². The number of para-hydroxylation sites is 4. The maximum atomic E-state index is 12.1. The molecular weight excluding hydrogens is 1070 g/mol. The Kier molecular flexibility index (Phi) is 16.8. The predicted molar refractivity (Wildman–Crippen MR) is 357 cm³/mol. The van der Waals surface area contributed by atoms with E-state index in [4.69, 9.17) is 9.47 Å². The van der Waals surface area contributed by atoms with Gasteiger partial charge >= 0.3 is 11.9 Å². The van der Waals surface area contributed by atoms with E-state index in [0.717, 1.165) is 114 Å². The lowest BCUT2D eigenvalue weighted by atomic mass is 10.0. The molecule has 0 aliphatic rings. The standard InChI is InChI=1S/C79H60N4O4/c1-3-78(84)86-76-53-49-74(50-54-76)82(72-45-33-62(34-46-72)60-29-41-70(42-30-60)80(64-17-9-5-10-18-64)65-19-11-6-12-20-65)68-37-25-58(26-38-68)57-59-27-39-69(40-28-59)83(75-51-55-77(56-52-75)87-79(85)4-2)73-47-35-63(36-48-73)61-31-43-71(44-32-61)81(66-21-13-7-14-22-66)67-23-15-8-16-24-67/h3-56H,1-2,57H2. The van der Waals surface area contributed by atoms with E-state index in [1.807, 2.05) is 48.5 Å². The fourth-order valence-corrected chi connectivity index (χ4v) is 10.7. The summed E-state index contributed by atoms with van der Waals surface area (Å²) in [6, 6.07) is 108. The van der Waals surface area contributed by atoms with Crippen LogP contribution in [0, 0.1) is 0 Å². The molecule has 0 aromatic heterocycles. The lowest BCUT2D eigenvalue weighted by Gasteiger charge is -2.26. The first kappa shape index (κ1) is 55.8. The predicted octanol–water partition coefficient (Wildman–Crippen LogP) is 20.7. The topological polar surface area (TPSA) is 65.6 Å². The maximum Gasteiger partial charge on any atom is 0.335 e. The molecule has 0 aliphatic carbocycles. The van der Waals surface area contributed by atoms with E-state index < -0.39 is 11.9 Å². The second kappa shape index (κ2) is 26.2. The van der Waals surface area contributed by atoms with E-state index >= 15 is 0 Å². The molecule has 12 aromatic rings. The van der Waals surface area contributed by atoms with Crippen LogP contribution in [0.15, 0.2) is 341 Å². The molecule has 12 aromatic carbocycles. The van der Waals surface area contributed by atoms with Crippen molar-refractivity contribution in [1.82, 2.24) is 0 Å². The summed E-state index contributed by atoms with van der Waals surface area (Å²) in [5.74, 6) is -0.169. The number of hydrogen-bond acceptors (Lipinski definition) is 8. The third-order valence-electron chi connectivity index (χ3n) is 15.0. The van der Waals surface area contributed by atoms with Gasteiger partial charge in [0.05, 0.1) is 0 Å². The van der Waals surface area contributed by atoms with Gasteiger partial charge in [-0.2, -0.15) is 0 Å². The minimum atomic E-state index is -0.516. The number of carbonyl (C=O) groups is 2. The van der Waals surface area contributed by atoms with Gasteiger partial charge in [0.1, 0.15) is 11.5 Å². The molecule has 0 aliphatic heterocycles. The summed E-state index contributed by atoms with van der Waals surface area (Å²) in [6.07, 6.45) is 3.02. The highest BCUT2D eigenvalue weighted by Crippen LogP contribution is 2.42. The molecule has 420 valence electrons. The normalized spacial score (nSPS) is 10.8. The van der Waals surface area contributed by atoms with Crippen LogP contribution < -0.4 is 29.1 Å². The van der Waals surface area contributed by atoms with Gasteiger partial charge in [-0.15, -0.1) is 0 Å². The van der Waals surface area contributed by atoms with Crippen LogP contribution in [0.3, 0.4) is 0 Å². The van der Waals surface area contributed by atoms with E-state index in [0.29, 0.717) is 17.9 Å². The van der Waals surface area contributed by atoms with Crippen molar-refractivity contribution in [3.63, 3.8) is 0 Å². The zero-order chi connectivity index (χ0) is 59.3. The monoisotopic (exact) mass is 1130 g/mol. The van der Waals surface area contributed by atoms with Crippen molar-refractivity contribution in [3.8, 4) is 33.8 Å². The smallest absolute Gasteiger partial charge is 0.335 e. The fraction of sp³-hybridized carbons (Fsp3) is 0.0127. The van der Waals surface area contributed by atoms with Gasteiger partial charge in [-0.25, -0.2) is 9.59 Å². The second-order valence-electron chi connectivity index (χ2n) is 20.6. The number of nitrogens with zero attached hydrogens (tertiary/aromatic N) is 4. The van der Waals surface area contributed by atoms with Gasteiger partial charge in [0.2, 0.25) is 0 Å². The SMILES string of the molecule is C=CC(=O)Oc1ccc(N(c2ccc(Cc3ccc(N(c4ccc(OC(=O)C=C)cc4)c4ccc(-c5ccc(N(c6ccccc6)c6ccccc6)cc5)cc4)cc3)cc2)c2ccc(-c3ccc(N(c4ccccc4)c4ccccc4)cc3)cc2)cc1. The van der Waals surface area contributed by atoms with Crippen LogP contribution >= 0.6 is 0 Å². The molecule has 0 atom stereocenters. The number of benzene rings is 12. The first-order valence-electron chi connectivity index (χ1n) is 28.7. The summed E-state index contributed by atoms with van der Waals surface area (Å²) in [7, 11) is 0. The summed E-state index contributed by atoms with van der Waals surface area (Å²) < 4.78 is 10.9. The number of rotatable bonds is 20. The number of ether oxygens (including phenoxy) is 2. The Morgan fingerprint density at radius 3 is 0.644 bits per heavy atom. The third-order valence-corrected chi connectivity index (χ3v) is 15.0. The van der Waals surface area contributed by atoms with Gasteiger partial charge in [0, 0.05) is 80.4 Å². The largest absolute Gasteiger partial charge is 0.423 e. The summed E-state index contributed by atoms with van der Waals surface area (Å²) in [5, 5.41) is 0. The van der Waals surface area contributed by atoms with Crippen molar-refractivity contribution >= 4 is 80.2 Å². The van der Waals surface area contributed by atoms with Crippen molar-refractivity contribution in [1.29, 1.82) is 0 Å². The van der Waals surface area contributed by atoms with Crippen LogP contribution in [0.5, 0.6) is 11.5 Å². The molecule has 0 unspecified atom stereocenters. The highest BCUT2D eigenvalue weighted by molar-refractivity contribution is 5.86. The summed E-state index contributed by atoms with van der Waals surface area (Å²) in [5.41, 5.74) is 18.8. The van der Waals surface area contributed by atoms with Crippen LogP contribution in [-0.2, 0) is 16.0 Å². The molecule has 8 heteroatoms. The number of carbonyl (C=O) groups excluding carboxylic acids is 2. The Labute approximate surface area is 508 Å². The Hall–Kier alpha value is -11.7. The summed E-state index contributed by atoms with van der Waals surface area (Å²) >= 11 is 0. The van der Waals surface area contributed by atoms with Crippen LogP contribution in [-0.4, -0.2) is 11.9 Å². The number of esters is 2. The molecule has 12 rings (SSSR count). The quantitative estimate of drug-likeness (QED) is 0.0425. The Balaban J connectivity index is 0.787. The molecular formula is C79H60N4O4. The molecule has 0 N–H and O–H groups in total. The van der Waals surface area contributed by atoms with E-state index in [2.05, 4.69) is 275 Å². The van der Waals surface area contributed by atoms with E-state index in [1.165, 1.54) is 0 Å². The zero-order valence-electron chi connectivity index (χ0n) is 47.7. The Morgan fingerprint density at radius 2 is 0.437 bits per heavy atom. The van der Waals surface area contributed by atoms with Crippen molar-refractivity contribution in [2.24, 2.45) is 0 Å². The van der Waals surface area contributed by atoms with Crippen molar-refractivity contribution in [2.75, 3.05) is 19.6 Å². The fourth-order valence-electron chi connectivity index (χ4n) is 10.7. The van der Waals surface area contributed by atoms with Crippen molar-refractivity contribution < 1.29 is 19.1 Å². The van der Waals surface area contributed by atoms with Crippen LogP contribution in [0.1, 0.15) is 11.1 Å². The average molecular weight is 1130 g/mol. The maximum absolute atomic E-state index is 12.1. The minimum absolute atomic E-state index is 0.431. The first-order chi connectivity index (χ1) is 42.8. The highest BCUT2D eigenvalue weighted by Gasteiger charge is 2.19. The molecule has 0 saturated carbocycles. The second-order valence-corrected chi connectivity index (χ2v) is 20.6. The molecule has 0 spiro atoms. The lowest BCUT2D eigenvalue weighted by molar-refractivity contribution is -0.129. The molecule has 0 saturated heterocycles. The highest BCUT2D eigenvalue weighted by atomic mass is 16.5. The molecule has 87 heavy (non-hydrogen) atoms. The van der Waals surface area contributed by atoms with Crippen molar-refractivity contribution in [2.45, 2.75) is 6.42 Å². The Bertz CT molecular complexity index is 3880. The van der Waals surface area contributed by atoms with Crippen molar-refractivity contribution in [3.05, 3.63) is 352 Å². The average Bonchev–Trinajstić information content (AvgIpc) is 3.76. The van der Waals surface area contributed by atoms with E-state index in [1.54, 1.807) is 24.3 Å². The van der Waals surface area contributed by atoms with Gasteiger partial charge in [-0.3, -0.25) is 0 Å². The minimum Gasteiger partial charge on any atom is -0.423 e. The third kappa shape index (κ3) is 13.1. The lowest BCUT2D eigenvalue weighted by Crippen LogP contribution is -2.10. The van der Waals surface area contributed by atoms with Crippen LogP contribution in [0.4, 0.5) is 68.2 Å². The van der Waals surface area contributed by atoms with Crippen LogP contribution in [0.25, 0.3) is 22.3 Å². The summed E-state index contributed by atoms with van der Waals surface area (Å²) in [4.78, 5) is 33.1. The summed E-state index contributed by atoms with van der Waals surface area (Å²) in [6.45, 7) is 7.10. The van der Waals surface area contributed by atoms with Gasteiger partial charge in [-0.1, -0.05) is 159 Å². The molecule has 0 radical (unpaired) electrons. The number of hydrogen-bond donors (Lipinski definition) is 0. The van der Waals surface area contributed by atoms with E-state index in [-0.39, 0.29) is 0 Å². The molecule has 0 amide bonds. The van der Waals surface area contributed by atoms with Crippen LogP contribution in [0.2, 0.25) is 0 Å². The first-order valence-corrected chi connectivity index (χ1v) is 28.7. The molecule has 0 heterocycles. The van der Waals surface area contributed by atoms with Gasteiger partial charge in [0.25, 0.3) is 0 Å². The molecule has 0 bridgehead atoms. The molecule has 8 nitrogen and oxygen atoms in total. The zero-order valence-corrected chi connectivity index (χ0v) is 47.7. The molecule has 0 fully saturated rings. The van der Waals surface area contributed by atoms with Gasteiger partial charge in [-0.05, 0) is 210 Å².